The maximum absolute atomic E-state index is 12.0. The van der Waals surface area contributed by atoms with E-state index in [4.69, 9.17) is 0 Å². The molecule has 0 atom stereocenters. The van der Waals surface area contributed by atoms with E-state index in [2.05, 4.69) is 15.9 Å². The van der Waals surface area contributed by atoms with Crippen molar-refractivity contribution in [3.63, 3.8) is 0 Å². The molecule has 94 valence electrons. The minimum atomic E-state index is -0.255. The standard InChI is InChI=1S/C13H12BrNO3/c14-10-4-1-3-9(7-10)11(16)8-15-12(17)5-2-6-13(15)18/h1,3-4,7H,2,5-6,8H2. The number of likely N-dealkylation sites (tertiary alicyclic amines) is 1. The number of imide groups is 1. The van der Waals surface area contributed by atoms with E-state index in [1.807, 2.05) is 6.07 Å². The Morgan fingerprint density at radius 3 is 2.50 bits per heavy atom. The van der Waals surface area contributed by atoms with Gasteiger partial charge in [0.2, 0.25) is 11.8 Å². The van der Waals surface area contributed by atoms with Crippen molar-refractivity contribution in [3.05, 3.63) is 34.3 Å². The minimum Gasteiger partial charge on any atom is -0.292 e. The van der Waals surface area contributed by atoms with Gasteiger partial charge < -0.3 is 0 Å². The number of amides is 2. The SMILES string of the molecule is O=C(CN1C(=O)CCCC1=O)c1cccc(Br)c1. The fraction of sp³-hybridized carbons (Fsp3) is 0.308. The first-order valence-corrected chi connectivity index (χ1v) is 6.49. The van der Waals surface area contributed by atoms with Crippen LogP contribution >= 0.6 is 15.9 Å². The molecule has 1 saturated heterocycles. The third-order valence-electron chi connectivity index (χ3n) is 2.83. The van der Waals surface area contributed by atoms with Crippen LogP contribution in [0.2, 0.25) is 0 Å². The molecule has 2 amide bonds. The monoisotopic (exact) mass is 309 g/mol. The molecule has 2 rings (SSSR count). The predicted octanol–water partition coefficient (Wildman–Crippen LogP) is 2.17. The van der Waals surface area contributed by atoms with Crippen molar-refractivity contribution < 1.29 is 14.4 Å². The normalized spacial score (nSPS) is 15.9. The summed E-state index contributed by atoms with van der Waals surface area (Å²) in [5, 5.41) is 0. The van der Waals surface area contributed by atoms with Gasteiger partial charge in [-0.15, -0.1) is 0 Å². The number of hydrogen-bond donors (Lipinski definition) is 0. The first-order valence-electron chi connectivity index (χ1n) is 5.70. The maximum Gasteiger partial charge on any atom is 0.229 e. The van der Waals surface area contributed by atoms with Crippen molar-refractivity contribution in [1.29, 1.82) is 0 Å². The fourth-order valence-corrected chi connectivity index (χ4v) is 2.27. The molecule has 1 aliphatic rings. The number of benzene rings is 1. The predicted molar refractivity (Wildman–Crippen MR) is 69.0 cm³/mol. The second-order valence-electron chi connectivity index (χ2n) is 4.16. The van der Waals surface area contributed by atoms with Crippen LogP contribution in [0.4, 0.5) is 0 Å². The summed E-state index contributed by atoms with van der Waals surface area (Å²) in [7, 11) is 0. The lowest BCUT2D eigenvalue weighted by Crippen LogP contribution is -2.43. The Morgan fingerprint density at radius 2 is 1.89 bits per heavy atom. The summed E-state index contributed by atoms with van der Waals surface area (Å²) in [6, 6.07) is 6.92. The zero-order valence-corrected chi connectivity index (χ0v) is 11.3. The molecule has 1 aromatic carbocycles. The number of nitrogens with zero attached hydrogens (tertiary/aromatic N) is 1. The van der Waals surface area contributed by atoms with E-state index in [1.54, 1.807) is 18.2 Å². The van der Waals surface area contributed by atoms with Gasteiger partial charge in [0.1, 0.15) is 0 Å². The first-order chi connectivity index (χ1) is 8.58. The van der Waals surface area contributed by atoms with Crippen LogP contribution in [-0.4, -0.2) is 29.0 Å². The smallest absolute Gasteiger partial charge is 0.229 e. The molecule has 5 heteroatoms. The minimum absolute atomic E-state index is 0.159. The van der Waals surface area contributed by atoms with Crippen molar-refractivity contribution in [2.45, 2.75) is 19.3 Å². The molecule has 0 unspecified atom stereocenters. The molecule has 0 bridgehead atoms. The molecule has 1 heterocycles. The van der Waals surface area contributed by atoms with E-state index in [-0.39, 0.29) is 24.1 Å². The molecular formula is C13H12BrNO3. The van der Waals surface area contributed by atoms with Crippen LogP contribution in [0.5, 0.6) is 0 Å². The Morgan fingerprint density at radius 1 is 1.22 bits per heavy atom. The highest BCUT2D eigenvalue weighted by Crippen LogP contribution is 2.15. The molecule has 0 N–H and O–H groups in total. The molecule has 1 aliphatic heterocycles. The number of carbonyl (C=O) groups excluding carboxylic acids is 3. The summed E-state index contributed by atoms with van der Waals surface area (Å²) in [6.07, 6.45) is 1.27. The van der Waals surface area contributed by atoms with Crippen LogP contribution in [0.3, 0.4) is 0 Å². The average Bonchev–Trinajstić information content (AvgIpc) is 2.34. The number of ketones is 1. The van der Waals surface area contributed by atoms with E-state index >= 15 is 0 Å². The van der Waals surface area contributed by atoms with Crippen LogP contribution in [-0.2, 0) is 9.59 Å². The van der Waals surface area contributed by atoms with Crippen LogP contribution in [0.25, 0.3) is 0 Å². The third kappa shape index (κ3) is 2.85. The molecule has 4 nitrogen and oxygen atoms in total. The van der Waals surface area contributed by atoms with Gasteiger partial charge in [-0.3, -0.25) is 19.3 Å². The summed E-state index contributed by atoms with van der Waals surface area (Å²) < 4.78 is 0.796. The van der Waals surface area contributed by atoms with Gasteiger partial charge >= 0.3 is 0 Å². The molecule has 0 saturated carbocycles. The fourth-order valence-electron chi connectivity index (χ4n) is 1.87. The first kappa shape index (κ1) is 13.0. The van der Waals surface area contributed by atoms with Gasteiger partial charge in [-0.05, 0) is 18.6 Å². The van der Waals surface area contributed by atoms with Crippen LogP contribution in [0, 0.1) is 0 Å². The third-order valence-corrected chi connectivity index (χ3v) is 3.32. The summed E-state index contributed by atoms with van der Waals surface area (Å²) >= 11 is 3.28. The Kier molecular flexibility index (Phi) is 3.91. The van der Waals surface area contributed by atoms with Gasteiger partial charge in [-0.1, -0.05) is 28.1 Å². The van der Waals surface area contributed by atoms with Crippen molar-refractivity contribution in [3.8, 4) is 0 Å². The summed E-state index contributed by atoms with van der Waals surface area (Å²) in [6.45, 7) is -0.159. The second kappa shape index (κ2) is 5.44. The highest BCUT2D eigenvalue weighted by Gasteiger charge is 2.27. The topological polar surface area (TPSA) is 54.5 Å². The van der Waals surface area contributed by atoms with E-state index < -0.39 is 0 Å². The lowest BCUT2D eigenvalue weighted by molar-refractivity contribution is -0.147. The Hall–Kier alpha value is -1.49. The van der Waals surface area contributed by atoms with Crippen LogP contribution in [0.1, 0.15) is 29.6 Å². The number of halogens is 1. The lowest BCUT2D eigenvalue weighted by Gasteiger charge is -2.24. The van der Waals surface area contributed by atoms with Crippen molar-refractivity contribution >= 4 is 33.5 Å². The highest BCUT2D eigenvalue weighted by molar-refractivity contribution is 9.10. The number of Topliss-reactive ketones (excluding diaryl/α,β-unsaturated/α-hetero) is 1. The molecule has 1 fully saturated rings. The Balaban J connectivity index is 2.11. The molecule has 0 aliphatic carbocycles. The molecule has 1 aromatic rings. The molecule has 0 aromatic heterocycles. The highest BCUT2D eigenvalue weighted by atomic mass is 79.9. The second-order valence-corrected chi connectivity index (χ2v) is 5.08. The van der Waals surface area contributed by atoms with Crippen molar-refractivity contribution in [1.82, 2.24) is 4.90 Å². The molecule has 0 radical (unpaired) electrons. The number of rotatable bonds is 3. The molecule has 18 heavy (non-hydrogen) atoms. The Bertz CT molecular complexity index is 497. The molecular weight excluding hydrogens is 298 g/mol. The zero-order valence-electron chi connectivity index (χ0n) is 9.69. The van der Waals surface area contributed by atoms with Gasteiger partial charge in [0.25, 0.3) is 0 Å². The zero-order chi connectivity index (χ0) is 13.1. The summed E-state index contributed by atoms with van der Waals surface area (Å²) in [5.41, 5.74) is 0.496. The van der Waals surface area contributed by atoms with Gasteiger partial charge in [-0.25, -0.2) is 0 Å². The lowest BCUT2D eigenvalue weighted by atomic mass is 10.1. The van der Waals surface area contributed by atoms with Crippen LogP contribution < -0.4 is 0 Å². The van der Waals surface area contributed by atoms with E-state index in [0.717, 1.165) is 9.37 Å². The van der Waals surface area contributed by atoms with Gasteiger partial charge in [0.05, 0.1) is 6.54 Å². The van der Waals surface area contributed by atoms with E-state index in [0.29, 0.717) is 24.8 Å². The van der Waals surface area contributed by atoms with E-state index in [9.17, 15) is 14.4 Å². The Labute approximate surface area is 113 Å². The van der Waals surface area contributed by atoms with Gasteiger partial charge in [-0.2, -0.15) is 0 Å². The molecule has 0 spiro atoms. The number of hydrogen-bond acceptors (Lipinski definition) is 3. The summed E-state index contributed by atoms with van der Waals surface area (Å²) in [5.74, 6) is -0.732. The van der Waals surface area contributed by atoms with Gasteiger partial charge in [0, 0.05) is 22.9 Å². The summed E-state index contributed by atoms with van der Waals surface area (Å²) in [4.78, 5) is 36.2. The largest absolute Gasteiger partial charge is 0.292 e. The maximum atomic E-state index is 12.0. The van der Waals surface area contributed by atoms with Crippen molar-refractivity contribution in [2.24, 2.45) is 0 Å². The average molecular weight is 310 g/mol. The van der Waals surface area contributed by atoms with E-state index in [1.165, 1.54) is 0 Å². The number of piperidine rings is 1. The quantitative estimate of drug-likeness (QED) is 0.635. The van der Waals surface area contributed by atoms with Crippen molar-refractivity contribution in [2.75, 3.05) is 6.54 Å². The number of carbonyl (C=O) groups is 3. The van der Waals surface area contributed by atoms with Crippen LogP contribution in [0.15, 0.2) is 28.7 Å². The van der Waals surface area contributed by atoms with Gasteiger partial charge in [0.15, 0.2) is 5.78 Å².